The molecule has 45 heavy (non-hydrogen) atoms. The minimum absolute atomic E-state index is 0.0813. The summed E-state index contributed by atoms with van der Waals surface area (Å²) in [5.41, 5.74) is 3.57. The van der Waals surface area contributed by atoms with Crippen molar-refractivity contribution >= 4 is 11.9 Å². The summed E-state index contributed by atoms with van der Waals surface area (Å²) in [5, 5.41) is 3.27. The number of urea groups is 1. The van der Waals surface area contributed by atoms with Gasteiger partial charge in [-0.3, -0.25) is 9.69 Å². The van der Waals surface area contributed by atoms with Crippen molar-refractivity contribution in [2.75, 3.05) is 13.7 Å². The number of fused-ring (bicyclic) bond motifs is 2. The van der Waals surface area contributed by atoms with Crippen LogP contribution in [0.15, 0.2) is 121 Å². The molecule has 4 aromatic carbocycles. The van der Waals surface area contributed by atoms with Crippen LogP contribution < -0.4 is 5.32 Å². The van der Waals surface area contributed by atoms with Gasteiger partial charge in [-0.25, -0.2) is 9.69 Å². The predicted molar refractivity (Wildman–Crippen MR) is 177 cm³/mol. The molecule has 3 aliphatic rings. The lowest BCUT2D eigenvalue weighted by atomic mass is 9.78. The van der Waals surface area contributed by atoms with Crippen molar-refractivity contribution in [1.29, 1.82) is 0 Å². The van der Waals surface area contributed by atoms with Gasteiger partial charge in [0, 0.05) is 12.1 Å². The molecule has 3 saturated heterocycles. The topological polar surface area (TPSA) is 55.9 Å². The smallest absolute Gasteiger partial charge is 0.323 e. The van der Waals surface area contributed by atoms with Gasteiger partial charge < -0.3 is 10.2 Å². The number of nitrogens with one attached hydrogen (secondary N) is 1. The van der Waals surface area contributed by atoms with Crippen molar-refractivity contribution < 1.29 is 9.59 Å². The van der Waals surface area contributed by atoms with Crippen LogP contribution in [0.4, 0.5) is 4.79 Å². The summed E-state index contributed by atoms with van der Waals surface area (Å²) in [7, 11) is 2.20. The van der Waals surface area contributed by atoms with Crippen LogP contribution >= 0.6 is 0 Å². The normalized spacial score (nSPS) is 23.6. The summed E-state index contributed by atoms with van der Waals surface area (Å²) in [6.07, 6.45) is 5.82. The number of imide groups is 1. The number of nitrogens with zero attached hydrogens (tertiary/aromatic N) is 3. The highest BCUT2D eigenvalue weighted by Gasteiger charge is 2.57. The number of piperidine rings is 1. The zero-order chi connectivity index (χ0) is 30.8. The second kappa shape index (κ2) is 12.6. The van der Waals surface area contributed by atoms with Crippen LogP contribution in [0.5, 0.6) is 0 Å². The standard InChI is InChI=1S/C39H42N4O2/c1-41-33-24-14-15-25-34(41)27-39(26-33)37(44)43(38(45)40-39)28-42(35(29-16-6-2-7-17-29)30-18-8-3-9-19-30)36(31-20-10-4-11-21-31)32-22-12-5-13-23-32/h2-13,16-23,33-36H,14-15,24-28H2,1H3,(H,40,45)/t33-,34+,39?. The molecule has 0 saturated carbocycles. The Labute approximate surface area is 266 Å². The minimum atomic E-state index is -0.848. The Bertz CT molecular complexity index is 1420. The quantitative estimate of drug-likeness (QED) is 0.219. The van der Waals surface area contributed by atoms with E-state index in [0.717, 1.165) is 35.1 Å². The van der Waals surface area contributed by atoms with E-state index in [1.54, 1.807) is 0 Å². The maximum absolute atomic E-state index is 14.7. The first kappa shape index (κ1) is 29.5. The van der Waals surface area contributed by atoms with Crippen LogP contribution in [0.3, 0.4) is 0 Å². The van der Waals surface area contributed by atoms with Crippen molar-refractivity contribution in [3.05, 3.63) is 144 Å². The van der Waals surface area contributed by atoms with Gasteiger partial charge in [-0.1, -0.05) is 134 Å². The fraction of sp³-hybridized carbons (Fsp3) is 0.333. The zero-order valence-electron chi connectivity index (χ0n) is 26.0. The molecular weight excluding hydrogens is 556 g/mol. The van der Waals surface area contributed by atoms with Crippen molar-refractivity contribution in [2.45, 2.75) is 68.2 Å². The molecule has 3 aliphatic heterocycles. The number of hydrogen-bond acceptors (Lipinski definition) is 4. The fourth-order valence-electron chi connectivity index (χ4n) is 8.09. The molecule has 0 aromatic heterocycles. The molecular formula is C39H42N4O2. The van der Waals surface area contributed by atoms with Gasteiger partial charge in [0.2, 0.25) is 0 Å². The highest BCUT2D eigenvalue weighted by molar-refractivity contribution is 6.07. The van der Waals surface area contributed by atoms with Crippen LogP contribution in [-0.2, 0) is 4.79 Å². The van der Waals surface area contributed by atoms with Crippen LogP contribution in [0, 0.1) is 0 Å². The lowest BCUT2D eigenvalue weighted by Crippen LogP contribution is -2.60. The minimum Gasteiger partial charge on any atom is -0.323 e. The number of rotatable bonds is 8. The Hall–Kier alpha value is -4.26. The van der Waals surface area contributed by atoms with E-state index in [9.17, 15) is 9.59 Å². The van der Waals surface area contributed by atoms with E-state index in [2.05, 4.69) is 119 Å². The van der Waals surface area contributed by atoms with Gasteiger partial charge in [0.05, 0.1) is 18.8 Å². The zero-order valence-corrected chi connectivity index (χ0v) is 26.0. The first-order chi connectivity index (χ1) is 22.0. The number of amides is 3. The molecule has 6 heteroatoms. The molecule has 0 radical (unpaired) electrons. The van der Waals surface area contributed by atoms with Crippen LogP contribution in [0.2, 0.25) is 0 Å². The highest BCUT2D eigenvalue weighted by atomic mass is 16.2. The number of hydrogen-bond donors (Lipinski definition) is 1. The molecule has 1 N–H and O–H groups in total. The summed E-state index contributed by atoms with van der Waals surface area (Å²) in [6, 6.07) is 41.6. The summed E-state index contributed by atoms with van der Waals surface area (Å²) < 4.78 is 0. The van der Waals surface area contributed by atoms with Gasteiger partial charge in [-0.15, -0.1) is 0 Å². The molecule has 3 amide bonds. The molecule has 230 valence electrons. The third-order valence-electron chi connectivity index (χ3n) is 10.3. The molecule has 3 heterocycles. The molecule has 1 spiro atoms. The molecule has 3 atom stereocenters. The van der Waals surface area contributed by atoms with Crippen LogP contribution in [0.1, 0.15) is 72.9 Å². The van der Waals surface area contributed by atoms with Crippen LogP contribution in [-0.4, -0.2) is 58.0 Å². The monoisotopic (exact) mass is 598 g/mol. The molecule has 1 unspecified atom stereocenters. The average Bonchev–Trinajstić information content (AvgIpc) is 3.24. The molecule has 4 aromatic rings. The predicted octanol–water partition coefficient (Wildman–Crippen LogP) is 7.15. The lowest BCUT2D eigenvalue weighted by molar-refractivity contribution is -0.136. The van der Waals surface area contributed by atoms with Gasteiger partial charge in [0.15, 0.2) is 0 Å². The molecule has 7 rings (SSSR count). The SMILES string of the molecule is CN1[C@@H]2CCCC[C@H]1CC1(C2)NC(=O)N(CN(C(c2ccccc2)c2ccccc2)C(c2ccccc2)c2ccccc2)C1=O. The Morgan fingerprint density at radius 2 is 1.04 bits per heavy atom. The first-order valence-electron chi connectivity index (χ1n) is 16.4. The molecule has 3 fully saturated rings. The number of carbonyl (C=O) groups is 2. The van der Waals surface area contributed by atoms with E-state index in [-0.39, 0.29) is 30.7 Å². The third-order valence-corrected chi connectivity index (χ3v) is 10.3. The number of carbonyl (C=O) groups excluding carboxylic acids is 2. The van der Waals surface area contributed by atoms with E-state index < -0.39 is 5.54 Å². The second-order valence-corrected chi connectivity index (χ2v) is 13.0. The Morgan fingerprint density at radius 1 is 0.667 bits per heavy atom. The lowest BCUT2D eigenvalue weighted by Gasteiger charge is -2.46. The van der Waals surface area contributed by atoms with E-state index in [1.807, 2.05) is 24.3 Å². The average molecular weight is 599 g/mol. The van der Waals surface area contributed by atoms with E-state index in [1.165, 1.54) is 17.7 Å². The van der Waals surface area contributed by atoms with Gasteiger partial charge in [0.1, 0.15) is 5.54 Å². The molecule has 0 aliphatic carbocycles. The largest absolute Gasteiger partial charge is 0.326 e. The third kappa shape index (κ3) is 5.69. The number of benzene rings is 4. The van der Waals surface area contributed by atoms with Crippen molar-refractivity contribution in [3.8, 4) is 0 Å². The van der Waals surface area contributed by atoms with E-state index in [4.69, 9.17) is 0 Å². The van der Waals surface area contributed by atoms with E-state index in [0.29, 0.717) is 24.9 Å². The highest BCUT2D eigenvalue weighted by Crippen LogP contribution is 2.43. The van der Waals surface area contributed by atoms with Gasteiger partial charge in [0.25, 0.3) is 5.91 Å². The van der Waals surface area contributed by atoms with Crippen LogP contribution in [0.25, 0.3) is 0 Å². The Kier molecular flexibility index (Phi) is 8.26. The van der Waals surface area contributed by atoms with Crippen molar-refractivity contribution in [3.63, 3.8) is 0 Å². The van der Waals surface area contributed by atoms with E-state index >= 15 is 0 Å². The second-order valence-electron chi connectivity index (χ2n) is 13.0. The molecule has 2 bridgehead atoms. The summed E-state index contributed by atoms with van der Waals surface area (Å²) in [5.74, 6) is -0.0813. The van der Waals surface area contributed by atoms with Gasteiger partial charge >= 0.3 is 6.03 Å². The summed E-state index contributed by atoms with van der Waals surface area (Å²) >= 11 is 0. The van der Waals surface area contributed by atoms with Crippen molar-refractivity contribution in [2.24, 2.45) is 0 Å². The first-order valence-corrected chi connectivity index (χ1v) is 16.4. The Balaban J connectivity index is 1.35. The summed E-state index contributed by atoms with van der Waals surface area (Å²) in [6.45, 7) is 0.153. The van der Waals surface area contributed by atoms with Gasteiger partial charge in [-0.05, 0) is 55.0 Å². The molecule has 6 nitrogen and oxygen atoms in total. The summed E-state index contributed by atoms with van der Waals surface area (Å²) in [4.78, 5) is 35.0. The van der Waals surface area contributed by atoms with Crippen molar-refractivity contribution in [1.82, 2.24) is 20.0 Å². The maximum atomic E-state index is 14.7. The Morgan fingerprint density at radius 3 is 1.42 bits per heavy atom. The fourth-order valence-corrected chi connectivity index (χ4v) is 8.09. The maximum Gasteiger partial charge on any atom is 0.326 e. The van der Waals surface area contributed by atoms with Gasteiger partial charge in [-0.2, -0.15) is 0 Å².